The molecule has 0 saturated carbocycles. The number of nitrogens with one attached hydrogen (secondary N) is 1. The van der Waals surface area contributed by atoms with Crippen molar-refractivity contribution in [2.75, 3.05) is 5.32 Å². The molecular formula is C26H21FN6O2. The molecule has 174 valence electrons. The monoisotopic (exact) mass is 468 g/mol. The molecule has 5 rings (SSSR count). The number of hydrogen-bond acceptors (Lipinski definition) is 6. The van der Waals surface area contributed by atoms with Gasteiger partial charge in [0.05, 0.1) is 12.9 Å². The lowest BCUT2D eigenvalue weighted by Crippen LogP contribution is -2.16. The first-order chi connectivity index (χ1) is 17.2. The number of benzene rings is 2. The van der Waals surface area contributed by atoms with Crippen molar-refractivity contribution in [3.05, 3.63) is 103 Å². The molecule has 3 heterocycles. The van der Waals surface area contributed by atoms with Crippen LogP contribution in [-0.4, -0.2) is 30.6 Å². The van der Waals surface area contributed by atoms with Gasteiger partial charge in [0.1, 0.15) is 17.3 Å². The fourth-order valence-electron chi connectivity index (χ4n) is 3.62. The Morgan fingerprint density at radius 1 is 1.00 bits per heavy atom. The molecule has 0 atom stereocenters. The molecule has 0 aliphatic heterocycles. The van der Waals surface area contributed by atoms with Gasteiger partial charge in [-0.3, -0.25) is 9.78 Å². The first kappa shape index (κ1) is 22.1. The van der Waals surface area contributed by atoms with Crippen molar-refractivity contribution in [3.8, 4) is 22.6 Å². The zero-order chi connectivity index (χ0) is 24.0. The number of carbonyl (C=O) groups excluding carboxylic acids is 1. The number of aryl methyl sites for hydroxylation is 1. The number of nitrogens with zero attached hydrogens (tertiary/aromatic N) is 5. The van der Waals surface area contributed by atoms with Crippen molar-refractivity contribution in [2.24, 2.45) is 0 Å². The number of halogens is 1. The van der Waals surface area contributed by atoms with Crippen LogP contribution in [0, 0.1) is 5.82 Å². The van der Waals surface area contributed by atoms with Gasteiger partial charge in [0.15, 0.2) is 0 Å². The van der Waals surface area contributed by atoms with Crippen LogP contribution < -0.4 is 5.32 Å². The third kappa shape index (κ3) is 5.30. The normalized spacial score (nSPS) is 10.9. The molecule has 0 saturated heterocycles. The molecule has 0 fully saturated rings. The molecule has 9 heteroatoms. The Morgan fingerprint density at radius 2 is 1.83 bits per heavy atom. The molecule has 2 aromatic carbocycles. The highest BCUT2D eigenvalue weighted by molar-refractivity contribution is 5.93. The average Bonchev–Trinajstić information content (AvgIpc) is 3.52. The Kier molecular flexibility index (Phi) is 6.38. The maximum atomic E-state index is 13.5. The quantitative estimate of drug-likeness (QED) is 0.353. The van der Waals surface area contributed by atoms with E-state index in [1.165, 1.54) is 12.1 Å². The first-order valence-electron chi connectivity index (χ1n) is 11.0. The van der Waals surface area contributed by atoms with Crippen molar-refractivity contribution >= 4 is 11.7 Å². The summed E-state index contributed by atoms with van der Waals surface area (Å²) in [5.41, 5.74) is 3.05. The van der Waals surface area contributed by atoms with E-state index in [9.17, 15) is 9.18 Å². The van der Waals surface area contributed by atoms with Crippen LogP contribution >= 0.6 is 0 Å². The summed E-state index contributed by atoms with van der Waals surface area (Å²) in [5, 5.41) is 6.93. The van der Waals surface area contributed by atoms with E-state index >= 15 is 0 Å². The Balaban J connectivity index is 1.33. The summed E-state index contributed by atoms with van der Waals surface area (Å²) < 4.78 is 20.6. The second-order valence-corrected chi connectivity index (χ2v) is 7.86. The van der Waals surface area contributed by atoms with Gasteiger partial charge >= 0.3 is 0 Å². The maximum Gasteiger partial charge on any atom is 0.227 e. The van der Waals surface area contributed by atoms with Crippen LogP contribution in [-0.2, 0) is 17.8 Å². The standard InChI is InChI=1S/C26H21FN6O2/c27-21-10-8-19(9-11-21)24-26(33(17-29-24)16-18-5-2-1-3-6-18)30-22(34)12-13-23-31-25(32-35-23)20-7-4-14-28-15-20/h1-11,14-15,17H,12-13,16H2,(H,30,34). The van der Waals surface area contributed by atoms with Gasteiger partial charge in [0.2, 0.25) is 17.6 Å². The molecule has 8 nitrogen and oxygen atoms in total. The topological polar surface area (TPSA) is 98.7 Å². The summed E-state index contributed by atoms with van der Waals surface area (Å²) >= 11 is 0. The largest absolute Gasteiger partial charge is 0.339 e. The van der Waals surface area contributed by atoms with Crippen LogP contribution in [0.2, 0.25) is 0 Å². The van der Waals surface area contributed by atoms with Crippen LogP contribution in [0.5, 0.6) is 0 Å². The predicted molar refractivity (Wildman–Crippen MR) is 128 cm³/mol. The molecule has 1 amide bonds. The van der Waals surface area contributed by atoms with Crippen LogP contribution in [0.1, 0.15) is 17.9 Å². The second kappa shape index (κ2) is 10.1. The lowest BCUT2D eigenvalue weighted by atomic mass is 10.1. The van der Waals surface area contributed by atoms with Gasteiger partial charge in [-0.25, -0.2) is 9.37 Å². The van der Waals surface area contributed by atoms with Crippen molar-refractivity contribution in [1.29, 1.82) is 0 Å². The number of rotatable bonds is 8. The van der Waals surface area contributed by atoms with Gasteiger partial charge < -0.3 is 14.4 Å². The third-order valence-corrected chi connectivity index (χ3v) is 5.36. The fourth-order valence-corrected chi connectivity index (χ4v) is 3.62. The van der Waals surface area contributed by atoms with Crippen LogP contribution in [0.4, 0.5) is 10.2 Å². The highest BCUT2D eigenvalue weighted by Crippen LogP contribution is 2.28. The van der Waals surface area contributed by atoms with Gasteiger partial charge in [-0.2, -0.15) is 4.98 Å². The summed E-state index contributed by atoms with van der Waals surface area (Å²) in [6.45, 7) is 0.517. The molecule has 0 bridgehead atoms. The molecule has 0 aliphatic carbocycles. The highest BCUT2D eigenvalue weighted by Gasteiger charge is 2.17. The predicted octanol–water partition coefficient (Wildman–Crippen LogP) is 4.75. The zero-order valence-electron chi connectivity index (χ0n) is 18.6. The minimum atomic E-state index is -0.340. The molecular weight excluding hydrogens is 447 g/mol. The number of imidazole rings is 1. The molecule has 3 aromatic heterocycles. The van der Waals surface area contributed by atoms with Crippen LogP contribution in [0.25, 0.3) is 22.6 Å². The molecule has 0 radical (unpaired) electrons. The van der Waals surface area contributed by atoms with Gasteiger partial charge in [0.25, 0.3) is 0 Å². The lowest BCUT2D eigenvalue weighted by molar-refractivity contribution is -0.116. The third-order valence-electron chi connectivity index (χ3n) is 5.36. The van der Waals surface area contributed by atoms with E-state index in [1.54, 1.807) is 36.9 Å². The molecule has 0 aliphatic rings. The van der Waals surface area contributed by atoms with E-state index < -0.39 is 0 Å². The Morgan fingerprint density at radius 3 is 2.60 bits per heavy atom. The number of pyridine rings is 1. The van der Waals surface area contributed by atoms with Crippen molar-refractivity contribution in [2.45, 2.75) is 19.4 Å². The molecule has 35 heavy (non-hydrogen) atoms. The number of carbonyl (C=O) groups is 1. The van der Waals surface area contributed by atoms with Crippen LogP contribution in [0.15, 0.2) is 90.0 Å². The minimum absolute atomic E-state index is 0.133. The lowest BCUT2D eigenvalue weighted by Gasteiger charge is -2.12. The second-order valence-electron chi connectivity index (χ2n) is 7.86. The Hall–Kier alpha value is -4.66. The number of hydrogen-bond donors (Lipinski definition) is 1. The average molecular weight is 468 g/mol. The van der Waals surface area contributed by atoms with Gasteiger partial charge in [0, 0.05) is 36.4 Å². The van der Waals surface area contributed by atoms with Crippen molar-refractivity contribution in [1.82, 2.24) is 24.7 Å². The molecule has 5 aromatic rings. The number of aromatic nitrogens is 5. The van der Waals surface area contributed by atoms with Gasteiger partial charge in [-0.1, -0.05) is 35.5 Å². The summed E-state index contributed by atoms with van der Waals surface area (Å²) in [5.74, 6) is 0.744. The molecule has 0 unspecified atom stereocenters. The summed E-state index contributed by atoms with van der Waals surface area (Å²) in [4.78, 5) is 25.8. The van der Waals surface area contributed by atoms with E-state index in [-0.39, 0.29) is 24.6 Å². The smallest absolute Gasteiger partial charge is 0.227 e. The fraction of sp³-hybridized carbons (Fsp3) is 0.115. The first-order valence-corrected chi connectivity index (χ1v) is 11.0. The highest BCUT2D eigenvalue weighted by atomic mass is 19.1. The maximum absolute atomic E-state index is 13.5. The van der Waals surface area contributed by atoms with Crippen molar-refractivity contribution in [3.63, 3.8) is 0 Å². The number of anilines is 1. The SMILES string of the molecule is O=C(CCc1nc(-c2cccnc2)no1)Nc1c(-c2ccc(F)cc2)ncn1Cc1ccccc1. The Labute approximate surface area is 200 Å². The van der Waals surface area contributed by atoms with Gasteiger partial charge in [-0.15, -0.1) is 0 Å². The van der Waals surface area contributed by atoms with Crippen molar-refractivity contribution < 1.29 is 13.7 Å². The van der Waals surface area contributed by atoms with Gasteiger partial charge in [-0.05, 0) is 42.0 Å². The Bertz CT molecular complexity index is 1420. The van der Waals surface area contributed by atoms with E-state index in [1.807, 2.05) is 41.0 Å². The van der Waals surface area contributed by atoms with E-state index in [4.69, 9.17) is 4.52 Å². The van der Waals surface area contributed by atoms with Crippen LogP contribution in [0.3, 0.4) is 0 Å². The molecule has 1 N–H and O–H groups in total. The summed E-state index contributed by atoms with van der Waals surface area (Å²) in [6.07, 6.45) is 5.38. The summed E-state index contributed by atoms with van der Waals surface area (Å²) in [6, 6.07) is 19.5. The molecule has 0 spiro atoms. The van der Waals surface area contributed by atoms with E-state index in [0.29, 0.717) is 35.3 Å². The van der Waals surface area contributed by atoms with E-state index in [0.717, 1.165) is 11.1 Å². The minimum Gasteiger partial charge on any atom is -0.339 e. The summed E-state index contributed by atoms with van der Waals surface area (Å²) in [7, 11) is 0. The zero-order valence-corrected chi connectivity index (χ0v) is 18.6. The number of amides is 1. The van der Waals surface area contributed by atoms with E-state index in [2.05, 4.69) is 25.4 Å².